The highest BCUT2D eigenvalue weighted by molar-refractivity contribution is 7.89. The summed E-state index contributed by atoms with van der Waals surface area (Å²) in [6.07, 6.45) is 2.83. The van der Waals surface area contributed by atoms with Crippen molar-refractivity contribution in [3.05, 3.63) is 58.8 Å². The molecule has 0 unspecified atom stereocenters. The molecule has 1 N–H and O–H groups in total. The van der Waals surface area contributed by atoms with Crippen LogP contribution in [-0.2, 0) is 10.0 Å². The Kier molecular flexibility index (Phi) is 5.38. The fourth-order valence-electron chi connectivity index (χ4n) is 3.58. The lowest BCUT2D eigenvalue weighted by molar-refractivity contribution is 0.0998. The second-order valence-electron chi connectivity index (χ2n) is 7.12. The molecule has 6 nitrogen and oxygen atoms in total. The molecule has 0 radical (unpaired) electrons. The summed E-state index contributed by atoms with van der Waals surface area (Å²) in [4.78, 5) is 12.9. The van der Waals surface area contributed by atoms with Gasteiger partial charge in [-0.15, -0.1) is 0 Å². The minimum atomic E-state index is -3.50. The maximum atomic E-state index is 12.7. The highest BCUT2D eigenvalue weighted by Gasteiger charge is 2.26. The van der Waals surface area contributed by atoms with E-state index in [-0.39, 0.29) is 10.7 Å². The van der Waals surface area contributed by atoms with E-state index in [2.05, 4.69) is 5.32 Å². The second-order valence-corrected chi connectivity index (χ2v) is 9.46. The van der Waals surface area contributed by atoms with Crippen LogP contribution in [0.15, 0.2) is 51.8 Å². The predicted octanol–water partition coefficient (Wildman–Crippen LogP) is 4.82. The maximum Gasteiger partial charge on any atom is 0.291 e. The van der Waals surface area contributed by atoms with Gasteiger partial charge in [-0.1, -0.05) is 30.2 Å². The Morgan fingerprint density at radius 1 is 1.07 bits per heavy atom. The van der Waals surface area contributed by atoms with Crippen LogP contribution >= 0.6 is 11.6 Å². The van der Waals surface area contributed by atoms with Crippen LogP contribution in [0, 0.1) is 6.92 Å². The first-order valence-corrected chi connectivity index (χ1v) is 11.3. The molecule has 152 valence electrons. The van der Waals surface area contributed by atoms with Crippen LogP contribution in [0.1, 0.15) is 35.4 Å². The highest BCUT2D eigenvalue weighted by atomic mass is 35.5. The first kappa shape index (κ1) is 19.9. The van der Waals surface area contributed by atoms with Crippen LogP contribution in [0.5, 0.6) is 0 Å². The molecular weight excluding hydrogens is 412 g/mol. The molecule has 1 aliphatic rings. The van der Waals surface area contributed by atoms with E-state index < -0.39 is 15.9 Å². The van der Waals surface area contributed by atoms with E-state index in [0.717, 1.165) is 24.6 Å². The largest absolute Gasteiger partial charge is 0.449 e. The van der Waals surface area contributed by atoms with E-state index in [9.17, 15) is 13.2 Å². The molecule has 1 aromatic heterocycles. The van der Waals surface area contributed by atoms with Crippen molar-refractivity contribution in [3.63, 3.8) is 0 Å². The van der Waals surface area contributed by atoms with E-state index >= 15 is 0 Å². The van der Waals surface area contributed by atoms with Crippen molar-refractivity contribution < 1.29 is 17.6 Å². The van der Waals surface area contributed by atoms with Gasteiger partial charge in [0.05, 0.1) is 9.92 Å². The SMILES string of the molecule is Cc1c(C(=O)Nc2ccc(S(=O)(=O)N3CCCCC3)cc2)oc2c(Cl)cccc12. The molecule has 0 saturated carbocycles. The normalized spacial score (nSPS) is 15.5. The number of furan rings is 1. The molecule has 3 aromatic rings. The number of hydrogen-bond acceptors (Lipinski definition) is 4. The Morgan fingerprint density at radius 2 is 1.76 bits per heavy atom. The smallest absolute Gasteiger partial charge is 0.291 e. The number of carbonyl (C=O) groups is 1. The van der Waals surface area contributed by atoms with E-state index in [1.54, 1.807) is 31.2 Å². The van der Waals surface area contributed by atoms with Crippen LogP contribution in [0.3, 0.4) is 0 Å². The number of anilines is 1. The average Bonchev–Trinajstić information content (AvgIpc) is 3.07. The molecule has 2 aromatic carbocycles. The molecule has 0 spiro atoms. The Bertz CT molecular complexity index is 1160. The van der Waals surface area contributed by atoms with Crippen LogP contribution in [0.4, 0.5) is 5.69 Å². The zero-order chi connectivity index (χ0) is 20.6. The summed E-state index contributed by atoms with van der Waals surface area (Å²) in [6, 6.07) is 11.5. The minimum absolute atomic E-state index is 0.179. The van der Waals surface area contributed by atoms with Crippen molar-refractivity contribution >= 4 is 44.2 Å². The van der Waals surface area contributed by atoms with E-state index in [1.807, 2.05) is 6.07 Å². The van der Waals surface area contributed by atoms with Gasteiger partial charge in [-0.2, -0.15) is 4.31 Å². The average molecular weight is 433 g/mol. The highest BCUT2D eigenvalue weighted by Crippen LogP contribution is 2.31. The third kappa shape index (κ3) is 3.77. The van der Waals surface area contributed by atoms with Crippen molar-refractivity contribution in [2.45, 2.75) is 31.1 Å². The van der Waals surface area contributed by atoms with Crippen LogP contribution < -0.4 is 5.32 Å². The summed E-state index contributed by atoms with van der Waals surface area (Å²) in [7, 11) is -3.50. The lowest BCUT2D eigenvalue weighted by Gasteiger charge is -2.25. The summed E-state index contributed by atoms with van der Waals surface area (Å²) in [5, 5.41) is 3.98. The summed E-state index contributed by atoms with van der Waals surface area (Å²) < 4.78 is 32.7. The number of amides is 1. The Morgan fingerprint density at radius 3 is 2.41 bits per heavy atom. The molecule has 1 aliphatic heterocycles. The van der Waals surface area contributed by atoms with Crippen LogP contribution in [0.2, 0.25) is 5.02 Å². The first-order valence-electron chi connectivity index (χ1n) is 9.47. The third-order valence-corrected chi connectivity index (χ3v) is 7.40. The topological polar surface area (TPSA) is 79.6 Å². The number of benzene rings is 2. The molecule has 29 heavy (non-hydrogen) atoms. The summed E-state index contributed by atoms with van der Waals surface area (Å²) >= 11 is 6.15. The molecule has 0 aliphatic carbocycles. The fraction of sp³-hybridized carbons (Fsp3) is 0.286. The Hall–Kier alpha value is -2.35. The van der Waals surface area contributed by atoms with Crippen molar-refractivity contribution in [2.75, 3.05) is 18.4 Å². The zero-order valence-corrected chi connectivity index (χ0v) is 17.5. The summed E-state index contributed by atoms with van der Waals surface area (Å²) in [5.74, 6) is -0.237. The number of fused-ring (bicyclic) bond motifs is 1. The second kappa shape index (κ2) is 7.82. The molecule has 0 bridgehead atoms. The van der Waals surface area contributed by atoms with Crippen molar-refractivity contribution in [3.8, 4) is 0 Å². The van der Waals surface area contributed by atoms with E-state index in [1.165, 1.54) is 16.4 Å². The lowest BCUT2D eigenvalue weighted by Crippen LogP contribution is -2.35. The van der Waals surface area contributed by atoms with Gasteiger partial charge in [-0.3, -0.25) is 4.79 Å². The molecule has 1 fully saturated rings. The van der Waals surface area contributed by atoms with Gasteiger partial charge in [-0.25, -0.2) is 8.42 Å². The van der Waals surface area contributed by atoms with Crippen LogP contribution in [-0.4, -0.2) is 31.7 Å². The first-order chi connectivity index (χ1) is 13.9. The van der Waals surface area contributed by atoms with Gasteiger partial charge in [-0.05, 0) is 50.1 Å². The molecule has 2 heterocycles. The van der Waals surface area contributed by atoms with E-state index in [0.29, 0.717) is 34.9 Å². The third-order valence-electron chi connectivity index (χ3n) is 5.19. The van der Waals surface area contributed by atoms with Gasteiger partial charge in [0.25, 0.3) is 5.91 Å². The summed E-state index contributed by atoms with van der Waals surface area (Å²) in [6.45, 7) is 2.90. The lowest BCUT2D eigenvalue weighted by atomic mass is 10.1. The number of piperidine rings is 1. The number of nitrogens with zero attached hydrogens (tertiary/aromatic N) is 1. The van der Waals surface area contributed by atoms with Gasteiger partial charge < -0.3 is 9.73 Å². The molecular formula is C21H21ClN2O4S. The Labute approximate surface area is 174 Å². The predicted molar refractivity (Wildman–Crippen MR) is 113 cm³/mol. The quantitative estimate of drug-likeness (QED) is 0.640. The number of para-hydroxylation sites is 1. The number of hydrogen-bond donors (Lipinski definition) is 1. The maximum absolute atomic E-state index is 12.7. The molecule has 0 atom stereocenters. The van der Waals surface area contributed by atoms with Crippen molar-refractivity contribution in [2.24, 2.45) is 0 Å². The number of carbonyl (C=O) groups excluding carboxylic acids is 1. The number of aryl methyl sites for hydroxylation is 1. The number of halogens is 1. The number of nitrogens with one attached hydrogen (secondary N) is 1. The van der Waals surface area contributed by atoms with Gasteiger partial charge in [0.15, 0.2) is 11.3 Å². The molecule has 1 saturated heterocycles. The standard InChI is InChI=1S/C21H21ClN2O4S/c1-14-17-6-5-7-18(22)20(17)28-19(14)21(25)23-15-8-10-16(11-9-15)29(26,27)24-12-3-2-4-13-24/h5-11H,2-4,12-13H2,1H3,(H,23,25). The molecule has 4 rings (SSSR count). The van der Waals surface area contributed by atoms with E-state index in [4.69, 9.17) is 16.0 Å². The molecule has 1 amide bonds. The molecule has 8 heteroatoms. The summed E-state index contributed by atoms with van der Waals surface area (Å²) in [5.41, 5.74) is 1.66. The number of rotatable bonds is 4. The number of sulfonamides is 1. The van der Waals surface area contributed by atoms with Gasteiger partial charge >= 0.3 is 0 Å². The van der Waals surface area contributed by atoms with Crippen molar-refractivity contribution in [1.82, 2.24) is 4.31 Å². The Balaban J connectivity index is 1.54. The van der Waals surface area contributed by atoms with Gasteiger partial charge in [0.1, 0.15) is 0 Å². The van der Waals surface area contributed by atoms with Gasteiger partial charge in [0, 0.05) is 29.7 Å². The van der Waals surface area contributed by atoms with Gasteiger partial charge in [0.2, 0.25) is 10.0 Å². The fourth-order valence-corrected chi connectivity index (χ4v) is 5.31. The van der Waals surface area contributed by atoms with Crippen LogP contribution in [0.25, 0.3) is 11.0 Å². The van der Waals surface area contributed by atoms with Crippen molar-refractivity contribution in [1.29, 1.82) is 0 Å². The minimum Gasteiger partial charge on any atom is -0.449 e. The zero-order valence-electron chi connectivity index (χ0n) is 15.9. The monoisotopic (exact) mass is 432 g/mol.